The molecular formula is C16H23Cl2NO3. The van der Waals surface area contributed by atoms with E-state index in [1.165, 1.54) is 19.3 Å². The lowest BCUT2D eigenvalue weighted by atomic mass is 9.69. The molecule has 0 heterocycles. The first kappa shape index (κ1) is 17.7. The molecule has 0 unspecified atom stereocenters. The predicted octanol–water partition coefficient (Wildman–Crippen LogP) is 3.92. The van der Waals surface area contributed by atoms with E-state index < -0.39 is 0 Å². The summed E-state index contributed by atoms with van der Waals surface area (Å²) in [5.41, 5.74) is 1.08. The molecule has 1 aromatic rings. The van der Waals surface area contributed by atoms with Crippen LogP contribution in [0.15, 0.2) is 6.07 Å². The van der Waals surface area contributed by atoms with Crippen molar-refractivity contribution in [1.29, 1.82) is 0 Å². The molecule has 1 aliphatic carbocycles. The quantitative estimate of drug-likeness (QED) is 0.773. The van der Waals surface area contributed by atoms with Crippen LogP contribution in [0.1, 0.15) is 24.8 Å². The molecule has 4 nitrogen and oxygen atoms in total. The van der Waals surface area contributed by atoms with Crippen molar-refractivity contribution in [3.63, 3.8) is 0 Å². The van der Waals surface area contributed by atoms with E-state index in [0.717, 1.165) is 18.7 Å². The van der Waals surface area contributed by atoms with E-state index in [0.29, 0.717) is 28.1 Å². The lowest BCUT2D eigenvalue weighted by Crippen LogP contribution is -2.43. The Morgan fingerprint density at radius 3 is 2.41 bits per heavy atom. The molecule has 0 saturated heterocycles. The summed E-state index contributed by atoms with van der Waals surface area (Å²) in [7, 11) is 4.88. The molecule has 0 amide bonds. The highest BCUT2D eigenvalue weighted by molar-refractivity contribution is 6.37. The molecule has 22 heavy (non-hydrogen) atoms. The van der Waals surface area contributed by atoms with Gasteiger partial charge in [0.2, 0.25) is 0 Å². The molecule has 0 aromatic heterocycles. The largest absolute Gasteiger partial charge is 0.493 e. The van der Waals surface area contributed by atoms with Crippen molar-refractivity contribution in [3.8, 4) is 11.5 Å². The smallest absolute Gasteiger partial charge is 0.179 e. The van der Waals surface area contributed by atoms with Gasteiger partial charge in [0.15, 0.2) is 11.5 Å². The first-order valence-electron chi connectivity index (χ1n) is 7.35. The number of hydrogen-bond acceptors (Lipinski definition) is 4. The topological polar surface area (TPSA) is 39.7 Å². The Balaban J connectivity index is 2.06. The fraction of sp³-hybridized carbons (Fsp3) is 0.625. The van der Waals surface area contributed by atoms with Gasteiger partial charge in [-0.1, -0.05) is 29.6 Å². The molecular weight excluding hydrogens is 325 g/mol. The molecule has 0 spiro atoms. The van der Waals surface area contributed by atoms with Gasteiger partial charge >= 0.3 is 0 Å². The molecule has 1 saturated carbocycles. The SMILES string of the molecule is COCC1(CNCc2c(Cl)cc(OC)c(OC)c2Cl)CCC1. The zero-order valence-electron chi connectivity index (χ0n) is 13.3. The van der Waals surface area contributed by atoms with Crippen LogP contribution in [0.2, 0.25) is 10.0 Å². The molecule has 1 aromatic carbocycles. The summed E-state index contributed by atoms with van der Waals surface area (Å²) in [6.07, 6.45) is 3.66. The highest BCUT2D eigenvalue weighted by Crippen LogP contribution is 2.42. The van der Waals surface area contributed by atoms with Crippen LogP contribution in [-0.2, 0) is 11.3 Å². The lowest BCUT2D eigenvalue weighted by molar-refractivity contribution is 0.0177. The van der Waals surface area contributed by atoms with Crippen LogP contribution in [0.3, 0.4) is 0 Å². The van der Waals surface area contributed by atoms with Crippen molar-refractivity contribution in [1.82, 2.24) is 5.32 Å². The summed E-state index contributed by atoms with van der Waals surface area (Å²) in [6, 6.07) is 1.73. The Hall–Kier alpha value is -0.680. The number of methoxy groups -OCH3 is 3. The zero-order valence-corrected chi connectivity index (χ0v) is 14.8. The van der Waals surface area contributed by atoms with E-state index in [1.807, 2.05) is 0 Å². The van der Waals surface area contributed by atoms with Gasteiger partial charge in [-0.2, -0.15) is 0 Å². The fourth-order valence-corrected chi connectivity index (χ4v) is 3.58. The molecule has 1 fully saturated rings. The van der Waals surface area contributed by atoms with Crippen molar-refractivity contribution in [2.75, 3.05) is 34.5 Å². The van der Waals surface area contributed by atoms with Crippen molar-refractivity contribution in [2.45, 2.75) is 25.8 Å². The van der Waals surface area contributed by atoms with Crippen molar-refractivity contribution >= 4 is 23.2 Å². The van der Waals surface area contributed by atoms with Crippen LogP contribution in [0.4, 0.5) is 0 Å². The van der Waals surface area contributed by atoms with Crippen LogP contribution in [0.25, 0.3) is 0 Å². The molecule has 2 rings (SSSR count). The minimum absolute atomic E-state index is 0.254. The molecule has 6 heteroatoms. The maximum atomic E-state index is 6.40. The Morgan fingerprint density at radius 2 is 1.91 bits per heavy atom. The van der Waals surface area contributed by atoms with E-state index >= 15 is 0 Å². The zero-order chi connectivity index (χ0) is 16.2. The molecule has 0 aliphatic heterocycles. The van der Waals surface area contributed by atoms with Gasteiger partial charge in [0.05, 0.1) is 30.9 Å². The third kappa shape index (κ3) is 3.62. The number of hydrogen-bond donors (Lipinski definition) is 1. The van der Waals surface area contributed by atoms with Gasteiger partial charge in [0, 0.05) is 37.2 Å². The summed E-state index contributed by atoms with van der Waals surface area (Å²) >= 11 is 12.7. The number of nitrogens with one attached hydrogen (secondary N) is 1. The minimum Gasteiger partial charge on any atom is -0.493 e. The van der Waals surface area contributed by atoms with Gasteiger partial charge in [0.1, 0.15) is 0 Å². The molecule has 0 atom stereocenters. The summed E-state index contributed by atoms with van der Waals surface area (Å²) in [6.45, 7) is 2.26. The maximum Gasteiger partial charge on any atom is 0.179 e. The van der Waals surface area contributed by atoms with Gasteiger partial charge in [-0.05, 0) is 12.8 Å². The lowest BCUT2D eigenvalue weighted by Gasteiger charge is -2.41. The van der Waals surface area contributed by atoms with Crippen LogP contribution < -0.4 is 14.8 Å². The van der Waals surface area contributed by atoms with E-state index in [9.17, 15) is 0 Å². The summed E-state index contributed by atoms with van der Waals surface area (Å²) in [5.74, 6) is 1.05. The molecule has 124 valence electrons. The fourth-order valence-electron chi connectivity index (χ4n) is 2.93. The van der Waals surface area contributed by atoms with E-state index in [-0.39, 0.29) is 5.41 Å². The standard InChI is InChI=1S/C16H23Cl2NO3/c1-20-10-16(5-4-6-16)9-19-8-11-12(17)7-13(21-2)15(22-3)14(11)18/h7,19H,4-6,8-10H2,1-3H3. The van der Waals surface area contributed by atoms with Gasteiger partial charge in [-0.15, -0.1) is 0 Å². The number of rotatable bonds is 8. The van der Waals surface area contributed by atoms with Gasteiger partial charge in [0.25, 0.3) is 0 Å². The predicted molar refractivity (Wildman–Crippen MR) is 89.4 cm³/mol. The normalized spacial score (nSPS) is 16.2. The van der Waals surface area contributed by atoms with Crippen LogP contribution in [0, 0.1) is 5.41 Å². The Morgan fingerprint density at radius 1 is 1.18 bits per heavy atom. The minimum atomic E-state index is 0.254. The summed E-state index contributed by atoms with van der Waals surface area (Å²) in [4.78, 5) is 0. The Labute approximate surface area is 142 Å². The summed E-state index contributed by atoms with van der Waals surface area (Å²) < 4.78 is 15.9. The average molecular weight is 348 g/mol. The van der Waals surface area contributed by atoms with Crippen LogP contribution in [-0.4, -0.2) is 34.5 Å². The van der Waals surface area contributed by atoms with Crippen molar-refractivity contribution < 1.29 is 14.2 Å². The van der Waals surface area contributed by atoms with E-state index in [2.05, 4.69) is 5.32 Å². The molecule has 0 radical (unpaired) electrons. The highest BCUT2D eigenvalue weighted by Gasteiger charge is 2.36. The second-order valence-corrected chi connectivity index (χ2v) is 6.56. The maximum absolute atomic E-state index is 6.40. The molecule has 0 bridgehead atoms. The average Bonchev–Trinajstić information content (AvgIpc) is 2.47. The van der Waals surface area contributed by atoms with E-state index in [4.69, 9.17) is 37.4 Å². The first-order valence-corrected chi connectivity index (χ1v) is 8.11. The second-order valence-electron chi connectivity index (χ2n) is 5.78. The molecule has 1 aliphatic rings. The van der Waals surface area contributed by atoms with E-state index in [1.54, 1.807) is 27.4 Å². The third-order valence-electron chi connectivity index (χ3n) is 4.32. The Bertz CT molecular complexity index is 519. The monoisotopic (exact) mass is 347 g/mol. The van der Waals surface area contributed by atoms with Crippen LogP contribution >= 0.6 is 23.2 Å². The number of ether oxygens (including phenoxy) is 3. The van der Waals surface area contributed by atoms with Gasteiger partial charge in [-0.3, -0.25) is 0 Å². The summed E-state index contributed by atoms with van der Waals surface area (Å²) in [5, 5.41) is 4.52. The highest BCUT2D eigenvalue weighted by atomic mass is 35.5. The first-order chi connectivity index (χ1) is 10.6. The molecule has 1 N–H and O–H groups in total. The number of halogens is 2. The van der Waals surface area contributed by atoms with Crippen molar-refractivity contribution in [3.05, 3.63) is 21.7 Å². The second kappa shape index (κ2) is 7.73. The Kier molecular flexibility index (Phi) is 6.21. The third-order valence-corrected chi connectivity index (χ3v) is 5.06. The van der Waals surface area contributed by atoms with Gasteiger partial charge in [-0.25, -0.2) is 0 Å². The van der Waals surface area contributed by atoms with Gasteiger partial charge < -0.3 is 19.5 Å². The number of benzene rings is 1. The van der Waals surface area contributed by atoms with Crippen LogP contribution in [0.5, 0.6) is 11.5 Å². The van der Waals surface area contributed by atoms with Crippen molar-refractivity contribution in [2.24, 2.45) is 5.41 Å².